The number of pyridine rings is 2. The first-order valence-electron chi connectivity index (χ1n) is 10.6. The topological polar surface area (TPSA) is 149 Å². The van der Waals surface area contributed by atoms with Crippen LogP contribution in [0.4, 0.5) is 0 Å². The Morgan fingerprint density at radius 1 is 0.622 bits per heavy atom. The van der Waals surface area contributed by atoms with E-state index in [1.54, 1.807) is 60.9 Å². The molecule has 0 fully saturated rings. The first-order valence-corrected chi connectivity index (χ1v) is 10.6. The molecule has 1 radical (unpaired) electrons. The van der Waals surface area contributed by atoms with Gasteiger partial charge in [-0.2, -0.15) is 10.2 Å². The van der Waals surface area contributed by atoms with Crippen LogP contribution in [-0.2, 0) is 17.1 Å². The van der Waals surface area contributed by atoms with E-state index in [2.05, 4.69) is 31.0 Å². The maximum absolute atomic E-state index is 11.7. The molecule has 4 rings (SSSR count). The molecule has 2 amide bonds. The standard InChI is InChI=1S/2C13H11N3O2.Mn/c2*17-12-7-2-1-6-11(12)13(18)16-15-9-10-5-3-4-8-14-10;/h2*1-9,17H,(H,16,18);/q;;+2. The summed E-state index contributed by atoms with van der Waals surface area (Å²) in [6.45, 7) is 0. The summed E-state index contributed by atoms with van der Waals surface area (Å²) in [6, 6.07) is 23.3. The van der Waals surface area contributed by atoms with Crippen LogP contribution in [0.2, 0.25) is 0 Å². The van der Waals surface area contributed by atoms with Crippen LogP contribution in [0.5, 0.6) is 11.5 Å². The van der Waals surface area contributed by atoms with Gasteiger partial charge in [0.05, 0.1) is 34.9 Å². The summed E-state index contributed by atoms with van der Waals surface area (Å²) in [5, 5.41) is 26.5. The van der Waals surface area contributed by atoms with Gasteiger partial charge in [0.1, 0.15) is 11.5 Å². The van der Waals surface area contributed by atoms with Crippen LogP contribution in [0.25, 0.3) is 0 Å². The van der Waals surface area contributed by atoms with Gasteiger partial charge in [0.15, 0.2) is 0 Å². The van der Waals surface area contributed by atoms with Crippen molar-refractivity contribution < 1.29 is 36.9 Å². The zero-order chi connectivity index (χ0) is 25.6. The molecule has 0 atom stereocenters. The van der Waals surface area contributed by atoms with Gasteiger partial charge >= 0.3 is 17.1 Å². The number of aromatic hydroxyl groups is 2. The van der Waals surface area contributed by atoms with E-state index in [9.17, 15) is 19.8 Å². The van der Waals surface area contributed by atoms with Crippen molar-refractivity contribution in [1.82, 2.24) is 20.8 Å². The second kappa shape index (κ2) is 15.2. The smallest absolute Gasteiger partial charge is 0.507 e. The van der Waals surface area contributed by atoms with E-state index < -0.39 is 11.8 Å². The number of nitrogens with one attached hydrogen (secondary N) is 2. The van der Waals surface area contributed by atoms with E-state index in [1.807, 2.05) is 12.1 Å². The van der Waals surface area contributed by atoms with Gasteiger partial charge < -0.3 is 10.2 Å². The molecule has 4 N–H and O–H groups in total. The van der Waals surface area contributed by atoms with Crippen LogP contribution in [-0.4, -0.2) is 44.4 Å². The molecule has 0 aliphatic carbocycles. The first kappa shape index (κ1) is 28.4. The third kappa shape index (κ3) is 9.36. The van der Waals surface area contributed by atoms with Crippen molar-refractivity contribution >= 4 is 24.2 Å². The predicted molar refractivity (Wildman–Crippen MR) is 135 cm³/mol. The van der Waals surface area contributed by atoms with Gasteiger partial charge in [-0.1, -0.05) is 36.4 Å². The van der Waals surface area contributed by atoms with Crippen LogP contribution in [0, 0.1) is 0 Å². The van der Waals surface area contributed by atoms with Gasteiger partial charge in [-0.3, -0.25) is 19.6 Å². The fraction of sp³-hybridized carbons (Fsp3) is 0. The van der Waals surface area contributed by atoms with Crippen LogP contribution in [0.15, 0.2) is 108 Å². The van der Waals surface area contributed by atoms with Crippen molar-refractivity contribution in [3.05, 3.63) is 120 Å². The number of amides is 2. The number of para-hydroxylation sites is 2. The summed E-state index contributed by atoms with van der Waals surface area (Å²) in [6.07, 6.45) is 6.12. The quantitative estimate of drug-likeness (QED) is 0.169. The van der Waals surface area contributed by atoms with Crippen molar-refractivity contribution in [3.63, 3.8) is 0 Å². The fourth-order valence-corrected chi connectivity index (χ4v) is 2.67. The van der Waals surface area contributed by atoms with Gasteiger partial charge in [0.2, 0.25) is 0 Å². The number of hydrogen-bond donors (Lipinski definition) is 4. The van der Waals surface area contributed by atoms with Crippen molar-refractivity contribution in [2.24, 2.45) is 10.2 Å². The van der Waals surface area contributed by atoms with E-state index in [1.165, 1.54) is 36.7 Å². The van der Waals surface area contributed by atoms with E-state index >= 15 is 0 Å². The maximum atomic E-state index is 11.7. The molecule has 0 aliphatic heterocycles. The molecular weight excluding hydrogens is 515 g/mol. The predicted octanol–water partition coefficient (Wildman–Crippen LogP) is 3.10. The van der Waals surface area contributed by atoms with Crippen LogP contribution in [0.1, 0.15) is 32.1 Å². The van der Waals surface area contributed by atoms with Crippen molar-refractivity contribution in [2.75, 3.05) is 0 Å². The Morgan fingerprint density at radius 2 is 1.00 bits per heavy atom. The van der Waals surface area contributed by atoms with Crippen LogP contribution < -0.4 is 10.9 Å². The molecule has 0 spiro atoms. The monoisotopic (exact) mass is 537 g/mol. The third-order valence-electron chi connectivity index (χ3n) is 4.40. The van der Waals surface area contributed by atoms with Gasteiger partial charge in [0, 0.05) is 12.4 Å². The molecular formula is C26H22MnN6O4+2. The molecule has 37 heavy (non-hydrogen) atoms. The molecule has 0 aliphatic rings. The molecule has 2 heterocycles. The Bertz CT molecular complexity index is 1250. The van der Waals surface area contributed by atoms with Crippen molar-refractivity contribution in [2.45, 2.75) is 0 Å². The zero-order valence-corrected chi connectivity index (χ0v) is 20.5. The Morgan fingerprint density at radius 3 is 1.35 bits per heavy atom. The van der Waals surface area contributed by atoms with Gasteiger partial charge in [-0.15, -0.1) is 0 Å². The summed E-state index contributed by atoms with van der Waals surface area (Å²) >= 11 is 0. The second-order valence-corrected chi connectivity index (χ2v) is 6.94. The minimum atomic E-state index is -0.472. The number of nitrogens with zero attached hydrogens (tertiary/aromatic N) is 4. The third-order valence-corrected chi connectivity index (χ3v) is 4.40. The minimum Gasteiger partial charge on any atom is -0.507 e. The molecule has 0 saturated heterocycles. The fourth-order valence-electron chi connectivity index (χ4n) is 2.67. The average molecular weight is 537 g/mol. The Kier molecular flexibility index (Phi) is 11.7. The van der Waals surface area contributed by atoms with Crippen LogP contribution in [0.3, 0.4) is 0 Å². The largest absolute Gasteiger partial charge is 2.00 e. The number of carbonyl (C=O) groups excluding carboxylic acids is 2. The normalized spacial score (nSPS) is 10.2. The van der Waals surface area contributed by atoms with E-state index in [0.29, 0.717) is 11.4 Å². The summed E-state index contributed by atoms with van der Waals surface area (Å²) in [5.41, 5.74) is 6.26. The second-order valence-electron chi connectivity index (χ2n) is 6.94. The molecule has 11 heteroatoms. The van der Waals surface area contributed by atoms with Gasteiger partial charge in [-0.05, 0) is 48.5 Å². The molecule has 0 saturated carbocycles. The summed E-state index contributed by atoms with van der Waals surface area (Å²) in [7, 11) is 0. The van der Waals surface area contributed by atoms with E-state index in [-0.39, 0.29) is 39.7 Å². The van der Waals surface area contributed by atoms with E-state index in [4.69, 9.17) is 0 Å². The number of benzene rings is 2. The molecule has 0 bridgehead atoms. The molecule has 10 nitrogen and oxygen atoms in total. The molecule has 0 unspecified atom stereocenters. The number of phenolic OH excluding ortho intramolecular Hbond substituents is 2. The molecule has 2 aromatic heterocycles. The minimum absolute atomic E-state index is 0. The Balaban J connectivity index is 0.000000253. The molecule has 185 valence electrons. The van der Waals surface area contributed by atoms with Crippen LogP contribution >= 0.6 is 0 Å². The average Bonchev–Trinajstić information content (AvgIpc) is 2.91. The number of aromatic nitrogens is 2. The SMILES string of the molecule is O=C(NN=Cc1ccccn1)c1ccccc1O.O=C(NN=Cc1ccccn1)c1ccccc1O.[Mn+2]. The molecule has 2 aromatic carbocycles. The first-order chi connectivity index (χ1) is 17.5. The summed E-state index contributed by atoms with van der Waals surface area (Å²) in [5.74, 6) is -1.10. The maximum Gasteiger partial charge on any atom is 2.00 e. The number of phenols is 2. The number of carbonyl (C=O) groups is 2. The van der Waals surface area contributed by atoms with Crippen molar-refractivity contribution in [1.29, 1.82) is 0 Å². The number of hydrazone groups is 2. The zero-order valence-electron chi connectivity index (χ0n) is 19.3. The summed E-state index contributed by atoms with van der Waals surface area (Å²) in [4.78, 5) is 31.3. The van der Waals surface area contributed by atoms with E-state index in [0.717, 1.165) is 0 Å². The summed E-state index contributed by atoms with van der Waals surface area (Å²) < 4.78 is 0. The Hall–Kier alpha value is -4.86. The number of rotatable bonds is 6. The molecule has 4 aromatic rings. The van der Waals surface area contributed by atoms with Crippen molar-refractivity contribution in [3.8, 4) is 11.5 Å². The van der Waals surface area contributed by atoms with Gasteiger partial charge in [0.25, 0.3) is 11.8 Å². The number of hydrogen-bond acceptors (Lipinski definition) is 8. The Labute approximate surface area is 223 Å². The van der Waals surface area contributed by atoms with Gasteiger partial charge in [-0.25, -0.2) is 10.9 Å².